The maximum absolute atomic E-state index is 13.1. The van der Waals surface area contributed by atoms with Crippen molar-refractivity contribution in [1.29, 1.82) is 0 Å². The predicted octanol–water partition coefficient (Wildman–Crippen LogP) is 2.03. The zero-order valence-electron chi connectivity index (χ0n) is 15.3. The number of carbonyl (C=O) groups is 2. The minimum atomic E-state index is -0.929. The second-order valence-corrected chi connectivity index (χ2v) is 6.74. The quantitative estimate of drug-likeness (QED) is 0.876. The number of fused-ring (bicyclic) bond motifs is 1. The molecule has 1 saturated heterocycles. The number of pyridine rings is 1. The summed E-state index contributed by atoms with van der Waals surface area (Å²) in [4.78, 5) is 30.3. The smallest absolute Gasteiger partial charge is 0.306 e. The lowest BCUT2D eigenvalue weighted by atomic mass is 10.1. The third-order valence-corrected chi connectivity index (χ3v) is 4.76. The third-order valence-electron chi connectivity index (χ3n) is 4.76. The van der Waals surface area contributed by atoms with Gasteiger partial charge in [0.05, 0.1) is 42.3 Å². The molecule has 0 aromatic carbocycles. The van der Waals surface area contributed by atoms with Crippen molar-refractivity contribution in [3.05, 3.63) is 23.5 Å². The number of morpholine rings is 1. The highest BCUT2D eigenvalue weighted by molar-refractivity contribution is 6.05. The van der Waals surface area contributed by atoms with E-state index in [4.69, 9.17) is 9.84 Å². The molecule has 1 N–H and O–H groups in total. The Balaban J connectivity index is 1.93. The van der Waals surface area contributed by atoms with Crippen molar-refractivity contribution >= 4 is 22.9 Å². The van der Waals surface area contributed by atoms with Crippen LogP contribution in [0.5, 0.6) is 0 Å². The molecule has 2 aromatic heterocycles. The normalized spacial score (nSPS) is 18.9. The Labute approximate surface area is 151 Å². The number of carboxylic acids is 1. The molecule has 0 aliphatic carbocycles. The van der Waals surface area contributed by atoms with Crippen LogP contribution in [0.25, 0.3) is 11.0 Å². The Morgan fingerprint density at radius 1 is 1.46 bits per heavy atom. The van der Waals surface area contributed by atoms with Gasteiger partial charge in [-0.15, -0.1) is 0 Å². The van der Waals surface area contributed by atoms with Gasteiger partial charge in [-0.05, 0) is 26.3 Å². The van der Waals surface area contributed by atoms with Gasteiger partial charge in [0.25, 0.3) is 5.91 Å². The summed E-state index contributed by atoms with van der Waals surface area (Å²) < 4.78 is 7.32. The number of aryl methyl sites for hydroxylation is 1. The summed E-state index contributed by atoms with van der Waals surface area (Å²) in [7, 11) is 0. The molecule has 2 aromatic rings. The summed E-state index contributed by atoms with van der Waals surface area (Å²) in [6, 6.07) is 1.96. The van der Waals surface area contributed by atoms with E-state index in [-0.39, 0.29) is 24.9 Å². The molecule has 0 saturated carbocycles. The van der Waals surface area contributed by atoms with Crippen LogP contribution in [0.4, 0.5) is 0 Å². The van der Waals surface area contributed by atoms with Crippen molar-refractivity contribution in [1.82, 2.24) is 19.7 Å². The van der Waals surface area contributed by atoms with Crippen LogP contribution in [0.1, 0.15) is 48.8 Å². The van der Waals surface area contributed by atoms with Crippen molar-refractivity contribution in [2.24, 2.45) is 0 Å². The van der Waals surface area contributed by atoms with Crippen molar-refractivity contribution < 1.29 is 19.4 Å². The van der Waals surface area contributed by atoms with Crippen LogP contribution in [0.15, 0.2) is 12.3 Å². The molecule has 1 aliphatic rings. The number of ether oxygens (including phenoxy) is 1. The Bertz CT molecular complexity index is 832. The average molecular weight is 360 g/mol. The van der Waals surface area contributed by atoms with Gasteiger partial charge in [0.2, 0.25) is 0 Å². The van der Waals surface area contributed by atoms with E-state index in [9.17, 15) is 9.59 Å². The molecule has 26 heavy (non-hydrogen) atoms. The molecule has 3 rings (SSSR count). The molecule has 3 heterocycles. The summed E-state index contributed by atoms with van der Waals surface area (Å²) >= 11 is 0. The van der Waals surface area contributed by atoms with E-state index in [0.29, 0.717) is 24.4 Å². The first-order valence-electron chi connectivity index (χ1n) is 8.88. The van der Waals surface area contributed by atoms with E-state index in [1.165, 1.54) is 0 Å². The highest BCUT2D eigenvalue weighted by Gasteiger charge is 2.28. The Kier molecular flexibility index (Phi) is 5.22. The van der Waals surface area contributed by atoms with E-state index >= 15 is 0 Å². The minimum Gasteiger partial charge on any atom is -0.481 e. The number of hydrogen-bond acceptors (Lipinski definition) is 5. The number of rotatable bonds is 5. The third kappa shape index (κ3) is 3.55. The van der Waals surface area contributed by atoms with Crippen LogP contribution in [0.3, 0.4) is 0 Å². The zero-order valence-corrected chi connectivity index (χ0v) is 15.3. The Hall–Kier alpha value is -2.48. The van der Waals surface area contributed by atoms with Gasteiger partial charge < -0.3 is 14.7 Å². The van der Waals surface area contributed by atoms with Crippen molar-refractivity contribution in [2.75, 3.05) is 19.7 Å². The van der Waals surface area contributed by atoms with Crippen LogP contribution in [0.2, 0.25) is 0 Å². The van der Waals surface area contributed by atoms with Crippen LogP contribution in [-0.2, 0) is 9.53 Å². The van der Waals surface area contributed by atoms with Gasteiger partial charge in [-0.3, -0.25) is 9.59 Å². The van der Waals surface area contributed by atoms with Crippen LogP contribution < -0.4 is 0 Å². The Morgan fingerprint density at radius 3 is 2.92 bits per heavy atom. The Morgan fingerprint density at radius 2 is 2.23 bits per heavy atom. The largest absolute Gasteiger partial charge is 0.481 e. The van der Waals surface area contributed by atoms with Gasteiger partial charge in [0.15, 0.2) is 5.65 Å². The van der Waals surface area contributed by atoms with E-state index < -0.39 is 12.1 Å². The molecule has 8 nitrogen and oxygen atoms in total. The lowest BCUT2D eigenvalue weighted by Gasteiger charge is -2.32. The van der Waals surface area contributed by atoms with Gasteiger partial charge in [0.1, 0.15) is 0 Å². The standard InChI is InChI=1S/C18H24N4O4/c1-4-12(3)22-17-15(9-19-22)14(7-11(2)20-17)18(25)21-5-6-26-13(10-21)8-16(23)24/h7,9,12-13H,4-6,8,10H2,1-3H3,(H,23,24). The molecule has 140 valence electrons. The van der Waals surface area contributed by atoms with Gasteiger partial charge in [-0.25, -0.2) is 9.67 Å². The van der Waals surface area contributed by atoms with Crippen LogP contribution in [-0.4, -0.2) is 62.4 Å². The van der Waals surface area contributed by atoms with E-state index in [0.717, 1.165) is 17.5 Å². The SMILES string of the molecule is CCC(C)n1ncc2c(C(=O)N3CCOC(CC(=O)O)C3)cc(C)nc21. The fourth-order valence-corrected chi connectivity index (χ4v) is 3.21. The molecule has 1 fully saturated rings. The summed E-state index contributed by atoms with van der Waals surface area (Å²) in [6.45, 7) is 7.05. The summed E-state index contributed by atoms with van der Waals surface area (Å²) in [6.07, 6.45) is 2.01. The molecule has 2 atom stereocenters. The molecular formula is C18H24N4O4. The fraction of sp³-hybridized carbons (Fsp3) is 0.556. The van der Waals surface area contributed by atoms with Gasteiger partial charge in [0, 0.05) is 18.8 Å². The first-order chi connectivity index (χ1) is 12.4. The van der Waals surface area contributed by atoms with Crippen LogP contribution in [0, 0.1) is 6.92 Å². The molecule has 2 unspecified atom stereocenters. The lowest BCUT2D eigenvalue weighted by Crippen LogP contribution is -2.46. The number of aliphatic carboxylic acids is 1. The van der Waals surface area contributed by atoms with Gasteiger partial charge >= 0.3 is 5.97 Å². The summed E-state index contributed by atoms with van der Waals surface area (Å²) in [5.74, 6) is -1.07. The average Bonchev–Trinajstić information content (AvgIpc) is 3.03. The highest BCUT2D eigenvalue weighted by Crippen LogP contribution is 2.24. The molecule has 0 bridgehead atoms. The van der Waals surface area contributed by atoms with Gasteiger partial charge in [-0.1, -0.05) is 6.92 Å². The predicted molar refractivity (Wildman–Crippen MR) is 95.2 cm³/mol. The maximum atomic E-state index is 13.1. The number of carbonyl (C=O) groups excluding carboxylic acids is 1. The number of hydrogen-bond donors (Lipinski definition) is 1. The number of aromatic nitrogens is 3. The van der Waals surface area contributed by atoms with Crippen molar-refractivity contribution in [3.63, 3.8) is 0 Å². The first-order valence-corrected chi connectivity index (χ1v) is 8.88. The molecule has 1 amide bonds. The lowest BCUT2D eigenvalue weighted by molar-refractivity contribution is -0.141. The summed E-state index contributed by atoms with van der Waals surface area (Å²) in [5, 5.41) is 14.1. The summed E-state index contributed by atoms with van der Waals surface area (Å²) in [5.41, 5.74) is 2.01. The molecular weight excluding hydrogens is 336 g/mol. The molecule has 0 radical (unpaired) electrons. The number of nitrogens with zero attached hydrogens (tertiary/aromatic N) is 4. The number of carboxylic acid groups (broad SMARTS) is 1. The minimum absolute atomic E-state index is 0.111. The topological polar surface area (TPSA) is 97.6 Å². The van der Waals surface area contributed by atoms with Crippen molar-refractivity contribution in [2.45, 2.75) is 45.8 Å². The fourth-order valence-electron chi connectivity index (χ4n) is 3.21. The zero-order chi connectivity index (χ0) is 18.8. The van der Waals surface area contributed by atoms with E-state index in [2.05, 4.69) is 23.9 Å². The van der Waals surface area contributed by atoms with Crippen molar-refractivity contribution in [3.8, 4) is 0 Å². The molecule has 1 aliphatic heterocycles. The second-order valence-electron chi connectivity index (χ2n) is 6.74. The van der Waals surface area contributed by atoms with Gasteiger partial charge in [-0.2, -0.15) is 5.10 Å². The van der Waals surface area contributed by atoms with E-state index in [1.807, 2.05) is 11.6 Å². The molecule has 8 heteroatoms. The van der Waals surface area contributed by atoms with Crippen LogP contribution >= 0.6 is 0 Å². The number of amides is 1. The maximum Gasteiger partial charge on any atom is 0.306 e. The second kappa shape index (κ2) is 7.41. The first kappa shape index (κ1) is 18.3. The van der Waals surface area contributed by atoms with E-state index in [1.54, 1.807) is 17.2 Å². The molecule has 0 spiro atoms. The highest BCUT2D eigenvalue weighted by atomic mass is 16.5. The monoisotopic (exact) mass is 360 g/mol.